The van der Waals surface area contributed by atoms with Gasteiger partial charge in [-0.1, -0.05) is 24.1 Å². The molecular formula is C18H20N2O2. The van der Waals surface area contributed by atoms with Gasteiger partial charge in [0, 0.05) is 30.2 Å². The molecule has 22 heavy (non-hydrogen) atoms. The largest absolute Gasteiger partial charge is 0.369 e. The highest BCUT2D eigenvalue weighted by atomic mass is 16.5. The Morgan fingerprint density at radius 2 is 2.14 bits per heavy atom. The van der Waals surface area contributed by atoms with E-state index in [1.807, 2.05) is 35.4 Å². The maximum Gasteiger partial charge on any atom is 0.256 e. The molecule has 0 bridgehead atoms. The van der Waals surface area contributed by atoms with E-state index in [0.29, 0.717) is 19.1 Å². The molecule has 0 unspecified atom stereocenters. The summed E-state index contributed by atoms with van der Waals surface area (Å²) >= 11 is 0. The van der Waals surface area contributed by atoms with Crippen molar-refractivity contribution in [3.63, 3.8) is 0 Å². The van der Waals surface area contributed by atoms with Crippen LogP contribution in [0.5, 0.6) is 0 Å². The number of terminal acetylenes is 1. The minimum Gasteiger partial charge on any atom is -0.369 e. The predicted molar refractivity (Wildman–Crippen MR) is 86.6 cm³/mol. The first-order chi connectivity index (χ1) is 10.8. The van der Waals surface area contributed by atoms with Crippen LogP contribution >= 0.6 is 0 Å². The molecule has 4 heteroatoms. The van der Waals surface area contributed by atoms with Gasteiger partial charge in [-0.05, 0) is 24.8 Å². The molecule has 1 N–H and O–H groups in total. The number of carbonyl (C=O) groups excluding carboxylic acids is 1. The van der Waals surface area contributed by atoms with Crippen LogP contribution in [0.1, 0.15) is 23.2 Å². The molecule has 4 nitrogen and oxygen atoms in total. The molecule has 0 saturated carbocycles. The lowest BCUT2D eigenvalue weighted by molar-refractivity contribution is 0.0583. The van der Waals surface area contributed by atoms with Crippen LogP contribution in [-0.4, -0.2) is 42.1 Å². The fraction of sp³-hybridized carbons (Fsp3) is 0.389. The number of aromatic nitrogens is 1. The number of aromatic amines is 1. The summed E-state index contributed by atoms with van der Waals surface area (Å²) in [5.74, 6) is 3.09. The number of carbonyl (C=O) groups is 1. The van der Waals surface area contributed by atoms with Crippen LogP contribution in [0.25, 0.3) is 10.9 Å². The molecule has 1 aliphatic heterocycles. The molecule has 3 rings (SSSR count). The Hall–Kier alpha value is -2.25. The number of rotatable bonds is 4. The average molecular weight is 296 g/mol. The van der Waals surface area contributed by atoms with Crippen LogP contribution in [0.2, 0.25) is 0 Å². The van der Waals surface area contributed by atoms with Gasteiger partial charge in [-0.3, -0.25) is 4.79 Å². The van der Waals surface area contributed by atoms with Crippen molar-refractivity contribution in [1.29, 1.82) is 0 Å². The highest BCUT2D eigenvalue weighted by Crippen LogP contribution is 2.23. The van der Waals surface area contributed by atoms with Gasteiger partial charge in [0.25, 0.3) is 5.91 Å². The molecule has 0 atom stereocenters. The van der Waals surface area contributed by atoms with Gasteiger partial charge in [-0.2, -0.15) is 0 Å². The lowest BCUT2D eigenvalue weighted by Crippen LogP contribution is -2.39. The highest BCUT2D eigenvalue weighted by molar-refractivity contribution is 6.06. The minimum absolute atomic E-state index is 0.112. The summed E-state index contributed by atoms with van der Waals surface area (Å²) in [6.45, 7) is 2.62. The summed E-state index contributed by atoms with van der Waals surface area (Å²) in [5, 5.41) is 0.993. The van der Waals surface area contributed by atoms with E-state index < -0.39 is 0 Å². The smallest absolute Gasteiger partial charge is 0.256 e. The van der Waals surface area contributed by atoms with Crippen molar-refractivity contribution >= 4 is 16.8 Å². The Labute approximate surface area is 130 Å². The maximum atomic E-state index is 12.7. The third kappa shape index (κ3) is 3.00. The van der Waals surface area contributed by atoms with E-state index in [1.165, 1.54) is 0 Å². The van der Waals surface area contributed by atoms with Gasteiger partial charge in [-0.15, -0.1) is 6.42 Å². The number of hydrogen-bond acceptors (Lipinski definition) is 2. The van der Waals surface area contributed by atoms with Gasteiger partial charge < -0.3 is 14.6 Å². The topological polar surface area (TPSA) is 45.3 Å². The second-order valence-electron chi connectivity index (χ2n) is 5.70. The molecule has 2 aromatic rings. The number of nitrogens with one attached hydrogen (secondary N) is 1. The molecule has 2 heterocycles. The summed E-state index contributed by atoms with van der Waals surface area (Å²) < 4.78 is 5.40. The molecule has 1 aliphatic rings. The quantitative estimate of drug-likeness (QED) is 0.696. The third-order valence-electron chi connectivity index (χ3n) is 4.26. The van der Waals surface area contributed by atoms with Gasteiger partial charge in [0.1, 0.15) is 6.61 Å². The van der Waals surface area contributed by atoms with Crippen molar-refractivity contribution in [1.82, 2.24) is 9.88 Å². The number of H-pyrrole nitrogens is 1. The van der Waals surface area contributed by atoms with Gasteiger partial charge in [0.15, 0.2) is 0 Å². The second kappa shape index (κ2) is 6.67. The first-order valence-electron chi connectivity index (χ1n) is 7.66. The van der Waals surface area contributed by atoms with Crippen molar-refractivity contribution in [3.8, 4) is 12.3 Å². The van der Waals surface area contributed by atoms with Gasteiger partial charge in [-0.25, -0.2) is 0 Å². The van der Waals surface area contributed by atoms with Crippen LogP contribution in [0.4, 0.5) is 0 Å². The van der Waals surface area contributed by atoms with Crippen molar-refractivity contribution in [2.24, 2.45) is 5.92 Å². The fourth-order valence-electron chi connectivity index (χ4n) is 3.01. The number of ether oxygens (including phenoxy) is 1. The molecular weight excluding hydrogens is 276 g/mol. The molecule has 114 valence electrons. The Bertz CT molecular complexity index is 690. The van der Waals surface area contributed by atoms with Crippen molar-refractivity contribution in [2.75, 3.05) is 26.3 Å². The molecule has 1 aromatic carbocycles. The van der Waals surface area contributed by atoms with Gasteiger partial charge >= 0.3 is 0 Å². The van der Waals surface area contributed by atoms with E-state index in [9.17, 15) is 4.79 Å². The minimum atomic E-state index is 0.112. The van der Waals surface area contributed by atoms with Crippen LogP contribution in [-0.2, 0) is 4.74 Å². The molecule has 1 amide bonds. The van der Waals surface area contributed by atoms with E-state index >= 15 is 0 Å². The number of piperidine rings is 1. The number of benzene rings is 1. The molecule has 0 aliphatic carbocycles. The van der Waals surface area contributed by atoms with Crippen LogP contribution in [0, 0.1) is 18.3 Å². The third-order valence-corrected chi connectivity index (χ3v) is 4.26. The fourth-order valence-corrected chi connectivity index (χ4v) is 3.01. The molecule has 1 aromatic heterocycles. The summed E-state index contributed by atoms with van der Waals surface area (Å²) in [5.41, 5.74) is 1.76. The average Bonchev–Trinajstić information content (AvgIpc) is 2.99. The Morgan fingerprint density at radius 1 is 1.36 bits per heavy atom. The van der Waals surface area contributed by atoms with Crippen molar-refractivity contribution in [3.05, 3.63) is 36.0 Å². The summed E-state index contributed by atoms with van der Waals surface area (Å²) in [4.78, 5) is 17.8. The first-order valence-corrected chi connectivity index (χ1v) is 7.66. The summed E-state index contributed by atoms with van der Waals surface area (Å²) in [6.07, 6.45) is 8.93. The Balaban J connectivity index is 1.62. The van der Waals surface area contributed by atoms with E-state index in [-0.39, 0.29) is 5.91 Å². The van der Waals surface area contributed by atoms with Gasteiger partial charge in [0.2, 0.25) is 0 Å². The monoisotopic (exact) mass is 296 g/mol. The number of fused-ring (bicyclic) bond motifs is 1. The van der Waals surface area contributed by atoms with Crippen molar-refractivity contribution in [2.45, 2.75) is 12.8 Å². The maximum absolute atomic E-state index is 12.7. The number of nitrogens with zero attached hydrogens (tertiary/aromatic N) is 1. The molecule has 0 radical (unpaired) electrons. The van der Waals surface area contributed by atoms with Crippen LogP contribution in [0.3, 0.4) is 0 Å². The summed E-state index contributed by atoms with van der Waals surface area (Å²) in [6, 6.07) is 7.90. The zero-order valence-electron chi connectivity index (χ0n) is 12.5. The Kier molecular flexibility index (Phi) is 4.45. The van der Waals surface area contributed by atoms with Gasteiger partial charge in [0.05, 0.1) is 12.2 Å². The molecule has 1 saturated heterocycles. The van der Waals surface area contributed by atoms with Crippen LogP contribution < -0.4 is 0 Å². The summed E-state index contributed by atoms with van der Waals surface area (Å²) in [7, 11) is 0. The van der Waals surface area contributed by atoms with E-state index in [2.05, 4.69) is 10.9 Å². The number of hydrogen-bond donors (Lipinski definition) is 1. The van der Waals surface area contributed by atoms with E-state index in [0.717, 1.165) is 42.4 Å². The number of amides is 1. The zero-order chi connectivity index (χ0) is 15.4. The lowest BCUT2D eigenvalue weighted by Gasteiger charge is -2.31. The lowest BCUT2D eigenvalue weighted by atomic mass is 9.97. The van der Waals surface area contributed by atoms with E-state index in [4.69, 9.17) is 11.2 Å². The SMILES string of the molecule is C#CCOCC1CCN(C(=O)c2c[nH]c3ccccc23)CC1. The second-order valence-corrected chi connectivity index (χ2v) is 5.70. The molecule has 0 spiro atoms. The standard InChI is InChI=1S/C18H20N2O2/c1-2-11-22-13-14-7-9-20(10-8-14)18(21)16-12-19-17-6-4-3-5-15(16)17/h1,3-6,12,14,19H,7-11,13H2. The predicted octanol–water partition coefficient (Wildman–Crippen LogP) is 2.67. The number of para-hydroxylation sites is 1. The molecule has 1 fully saturated rings. The normalized spacial score (nSPS) is 15.9. The van der Waals surface area contributed by atoms with E-state index in [1.54, 1.807) is 0 Å². The first kappa shape index (κ1) is 14.7. The zero-order valence-corrected chi connectivity index (χ0v) is 12.5. The number of likely N-dealkylation sites (tertiary alicyclic amines) is 1. The van der Waals surface area contributed by atoms with Crippen molar-refractivity contribution < 1.29 is 9.53 Å². The van der Waals surface area contributed by atoms with Crippen LogP contribution in [0.15, 0.2) is 30.5 Å². The highest BCUT2D eigenvalue weighted by Gasteiger charge is 2.25. The Morgan fingerprint density at radius 3 is 2.91 bits per heavy atom.